The van der Waals surface area contributed by atoms with Crippen molar-refractivity contribution in [1.29, 1.82) is 0 Å². The SMILES string of the molecule is COc1ccc(-c2ccc(C(=O)N(C(C)C)C3CCCCC3)s2)c(OC)c1OC. The Hall–Kier alpha value is -2.21. The summed E-state index contributed by atoms with van der Waals surface area (Å²) < 4.78 is 16.5. The first-order valence-electron chi connectivity index (χ1n) is 10.2. The summed E-state index contributed by atoms with van der Waals surface area (Å²) in [7, 11) is 4.81. The third-order valence-electron chi connectivity index (χ3n) is 5.55. The van der Waals surface area contributed by atoms with Crippen LogP contribution in [0.4, 0.5) is 0 Å². The minimum Gasteiger partial charge on any atom is -0.493 e. The lowest BCUT2D eigenvalue weighted by molar-refractivity contribution is 0.0560. The van der Waals surface area contributed by atoms with Crippen LogP contribution in [0.5, 0.6) is 17.2 Å². The Morgan fingerprint density at radius 3 is 2.24 bits per heavy atom. The maximum absolute atomic E-state index is 13.4. The van der Waals surface area contributed by atoms with Crippen LogP contribution in [0.3, 0.4) is 0 Å². The van der Waals surface area contributed by atoms with Crippen molar-refractivity contribution in [3.05, 3.63) is 29.1 Å². The molecule has 3 rings (SSSR count). The van der Waals surface area contributed by atoms with Gasteiger partial charge in [-0.05, 0) is 51.0 Å². The van der Waals surface area contributed by atoms with Gasteiger partial charge in [-0.1, -0.05) is 19.3 Å². The fraction of sp³-hybridized carbons (Fsp3) is 0.522. The lowest BCUT2D eigenvalue weighted by Gasteiger charge is -2.37. The van der Waals surface area contributed by atoms with E-state index in [1.54, 1.807) is 21.3 Å². The second-order valence-corrected chi connectivity index (χ2v) is 8.73. The van der Waals surface area contributed by atoms with E-state index in [1.165, 1.54) is 30.6 Å². The number of ether oxygens (including phenoxy) is 3. The zero-order chi connectivity index (χ0) is 21.0. The number of thiophene rings is 1. The lowest BCUT2D eigenvalue weighted by atomic mass is 9.93. The summed E-state index contributed by atoms with van der Waals surface area (Å²) in [5.74, 6) is 1.91. The summed E-state index contributed by atoms with van der Waals surface area (Å²) in [6.07, 6.45) is 5.90. The Morgan fingerprint density at radius 1 is 0.966 bits per heavy atom. The van der Waals surface area contributed by atoms with Crippen LogP contribution >= 0.6 is 11.3 Å². The van der Waals surface area contributed by atoms with Crippen LogP contribution in [-0.4, -0.2) is 44.2 Å². The number of methoxy groups -OCH3 is 3. The van der Waals surface area contributed by atoms with Gasteiger partial charge in [0.2, 0.25) is 5.75 Å². The highest BCUT2D eigenvalue weighted by Gasteiger charge is 2.29. The minimum absolute atomic E-state index is 0.127. The zero-order valence-corrected chi connectivity index (χ0v) is 18.8. The average molecular weight is 418 g/mol. The van der Waals surface area contributed by atoms with Crippen LogP contribution in [0.2, 0.25) is 0 Å². The molecule has 1 aromatic heterocycles. The highest BCUT2D eigenvalue weighted by atomic mass is 32.1. The van der Waals surface area contributed by atoms with E-state index in [4.69, 9.17) is 14.2 Å². The lowest BCUT2D eigenvalue weighted by Crippen LogP contribution is -2.45. The average Bonchev–Trinajstić information content (AvgIpc) is 3.23. The van der Waals surface area contributed by atoms with Gasteiger partial charge >= 0.3 is 0 Å². The second-order valence-electron chi connectivity index (χ2n) is 7.64. The van der Waals surface area contributed by atoms with E-state index in [-0.39, 0.29) is 11.9 Å². The molecule has 0 N–H and O–H groups in total. The van der Waals surface area contributed by atoms with Crippen molar-refractivity contribution in [3.63, 3.8) is 0 Å². The predicted octanol–water partition coefficient (Wildman–Crippen LogP) is 5.62. The van der Waals surface area contributed by atoms with Gasteiger partial charge in [-0.3, -0.25) is 4.79 Å². The molecular weight excluding hydrogens is 386 g/mol. The monoisotopic (exact) mass is 417 g/mol. The number of carbonyl (C=O) groups excluding carboxylic acids is 1. The van der Waals surface area contributed by atoms with Gasteiger partial charge in [0.15, 0.2) is 11.5 Å². The molecule has 0 unspecified atom stereocenters. The van der Waals surface area contributed by atoms with Crippen LogP contribution in [-0.2, 0) is 0 Å². The van der Waals surface area contributed by atoms with Crippen LogP contribution in [0.15, 0.2) is 24.3 Å². The van der Waals surface area contributed by atoms with Gasteiger partial charge in [-0.15, -0.1) is 11.3 Å². The van der Waals surface area contributed by atoms with Crippen LogP contribution < -0.4 is 14.2 Å². The summed E-state index contributed by atoms with van der Waals surface area (Å²) in [4.78, 5) is 17.2. The Labute approximate surface area is 177 Å². The first-order valence-corrected chi connectivity index (χ1v) is 11.0. The minimum atomic E-state index is 0.127. The molecule has 2 aromatic rings. The summed E-state index contributed by atoms with van der Waals surface area (Å²) in [6, 6.07) is 8.25. The molecule has 6 heteroatoms. The molecule has 1 saturated carbocycles. The topological polar surface area (TPSA) is 48.0 Å². The van der Waals surface area contributed by atoms with Gasteiger partial charge in [0.1, 0.15) is 0 Å². The van der Waals surface area contributed by atoms with E-state index in [0.29, 0.717) is 23.3 Å². The van der Waals surface area contributed by atoms with Crippen molar-refractivity contribution in [3.8, 4) is 27.7 Å². The molecule has 5 nitrogen and oxygen atoms in total. The Balaban J connectivity index is 1.93. The molecule has 1 fully saturated rings. The molecule has 0 aliphatic heterocycles. The first kappa shape index (κ1) is 21.5. The van der Waals surface area contributed by atoms with Gasteiger partial charge in [0, 0.05) is 22.5 Å². The number of benzene rings is 1. The van der Waals surface area contributed by atoms with E-state index in [9.17, 15) is 4.79 Å². The van der Waals surface area contributed by atoms with Crippen LogP contribution in [0, 0.1) is 0 Å². The molecule has 0 spiro atoms. The number of carbonyl (C=O) groups is 1. The quantitative estimate of drug-likeness (QED) is 0.586. The fourth-order valence-electron chi connectivity index (χ4n) is 4.20. The molecule has 158 valence electrons. The molecule has 0 saturated heterocycles. The van der Waals surface area contributed by atoms with E-state index in [0.717, 1.165) is 28.2 Å². The summed E-state index contributed by atoms with van der Waals surface area (Å²) in [5, 5.41) is 0. The van der Waals surface area contributed by atoms with Gasteiger partial charge in [-0.25, -0.2) is 0 Å². The molecule has 0 radical (unpaired) electrons. The third-order valence-corrected chi connectivity index (χ3v) is 6.65. The molecule has 1 heterocycles. The maximum Gasteiger partial charge on any atom is 0.264 e. The van der Waals surface area contributed by atoms with E-state index in [2.05, 4.69) is 18.7 Å². The molecule has 1 aliphatic carbocycles. The van der Waals surface area contributed by atoms with Gasteiger partial charge in [0.25, 0.3) is 5.91 Å². The third kappa shape index (κ3) is 4.37. The van der Waals surface area contributed by atoms with Crippen molar-refractivity contribution < 1.29 is 19.0 Å². The van der Waals surface area contributed by atoms with Crippen molar-refractivity contribution in [2.75, 3.05) is 21.3 Å². The van der Waals surface area contributed by atoms with Crippen LogP contribution in [0.1, 0.15) is 55.6 Å². The molecule has 29 heavy (non-hydrogen) atoms. The Morgan fingerprint density at radius 2 is 1.66 bits per heavy atom. The number of amides is 1. The largest absolute Gasteiger partial charge is 0.493 e. The summed E-state index contributed by atoms with van der Waals surface area (Å²) in [6.45, 7) is 4.22. The molecule has 0 bridgehead atoms. The fourth-order valence-corrected chi connectivity index (χ4v) is 5.17. The van der Waals surface area contributed by atoms with Gasteiger partial charge in [-0.2, -0.15) is 0 Å². The van der Waals surface area contributed by atoms with Crippen molar-refractivity contribution in [1.82, 2.24) is 4.90 Å². The van der Waals surface area contributed by atoms with Crippen LogP contribution in [0.25, 0.3) is 10.4 Å². The first-order chi connectivity index (χ1) is 14.0. The second kappa shape index (κ2) is 9.53. The van der Waals surface area contributed by atoms with Crippen molar-refractivity contribution in [2.24, 2.45) is 0 Å². The standard InChI is InChI=1S/C23H31NO4S/c1-15(2)24(16-9-7-6-8-10-16)23(25)20-14-13-19(29-20)17-11-12-18(26-3)22(28-5)21(17)27-4/h11-16H,6-10H2,1-5H3. The van der Waals surface area contributed by atoms with Crippen molar-refractivity contribution >= 4 is 17.2 Å². The van der Waals surface area contributed by atoms with E-state index in [1.807, 2.05) is 24.3 Å². The molecule has 1 aliphatic rings. The van der Waals surface area contributed by atoms with Crippen molar-refractivity contribution in [2.45, 2.75) is 58.0 Å². The number of hydrogen-bond donors (Lipinski definition) is 0. The Bertz CT molecular complexity index is 839. The maximum atomic E-state index is 13.4. The number of nitrogens with zero attached hydrogens (tertiary/aromatic N) is 1. The number of hydrogen-bond acceptors (Lipinski definition) is 5. The highest BCUT2D eigenvalue weighted by Crippen LogP contribution is 2.46. The summed E-state index contributed by atoms with van der Waals surface area (Å²) >= 11 is 1.50. The molecule has 1 aromatic carbocycles. The predicted molar refractivity (Wildman–Crippen MR) is 118 cm³/mol. The molecular formula is C23H31NO4S. The highest BCUT2D eigenvalue weighted by molar-refractivity contribution is 7.17. The van der Waals surface area contributed by atoms with E-state index < -0.39 is 0 Å². The molecule has 1 amide bonds. The normalized spacial score (nSPS) is 14.7. The van der Waals surface area contributed by atoms with Gasteiger partial charge in [0.05, 0.1) is 26.2 Å². The smallest absolute Gasteiger partial charge is 0.264 e. The van der Waals surface area contributed by atoms with Gasteiger partial charge < -0.3 is 19.1 Å². The Kier molecular flexibility index (Phi) is 7.06. The zero-order valence-electron chi connectivity index (χ0n) is 18.0. The molecule has 0 atom stereocenters. The summed E-state index contributed by atoms with van der Waals surface area (Å²) in [5.41, 5.74) is 0.892. The number of rotatable bonds is 7. The van der Waals surface area contributed by atoms with E-state index >= 15 is 0 Å².